The highest BCUT2D eigenvalue weighted by atomic mass is 16.5. The lowest BCUT2D eigenvalue weighted by atomic mass is 10.1. The van der Waals surface area contributed by atoms with Crippen molar-refractivity contribution in [3.05, 3.63) is 47.7 Å². The second-order valence-corrected chi connectivity index (χ2v) is 3.94. The summed E-state index contributed by atoms with van der Waals surface area (Å²) in [6.45, 7) is 2.35. The van der Waals surface area contributed by atoms with E-state index in [9.17, 15) is 4.79 Å². The number of benzene rings is 1. The molecule has 94 valence electrons. The zero-order valence-corrected chi connectivity index (χ0v) is 10.1. The first-order chi connectivity index (χ1) is 8.74. The number of anilines is 1. The van der Waals surface area contributed by atoms with E-state index in [1.165, 1.54) is 5.56 Å². The van der Waals surface area contributed by atoms with E-state index in [2.05, 4.69) is 15.8 Å². The van der Waals surface area contributed by atoms with E-state index in [1.54, 1.807) is 13.0 Å². The third-order valence-electron chi connectivity index (χ3n) is 2.41. The van der Waals surface area contributed by atoms with Crippen molar-refractivity contribution >= 4 is 11.8 Å². The summed E-state index contributed by atoms with van der Waals surface area (Å²) in [5.74, 6) is 1.08. The predicted molar refractivity (Wildman–Crippen MR) is 68.4 cm³/mol. The third-order valence-corrected chi connectivity index (χ3v) is 2.41. The van der Waals surface area contributed by atoms with E-state index in [0.717, 1.165) is 6.42 Å². The molecule has 0 aliphatic carbocycles. The Hall–Kier alpha value is -2.30. The molecule has 0 unspecified atom stereocenters. The number of rotatable bonds is 4. The van der Waals surface area contributed by atoms with Gasteiger partial charge in [0.1, 0.15) is 5.76 Å². The molecule has 0 spiro atoms. The molecule has 18 heavy (non-hydrogen) atoms. The monoisotopic (exact) mass is 245 g/mol. The lowest BCUT2D eigenvalue weighted by Gasteiger charge is -2.05. The first kappa shape index (κ1) is 12.2. The van der Waals surface area contributed by atoms with E-state index in [0.29, 0.717) is 18.1 Å². The van der Waals surface area contributed by atoms with Crippen molar-refractivity contribution in [2.75, 3.05) is 11.9 Å². The summed E-state index contributed by atoms with van der Waals surface area (Å²) < 4.78 is 4.85. The summed E-state index contributed by atoms with van der Waals surface area (Å²) in [5.41, 5.74) is 1.19. The second-order valence-electron chi connectivity index (χ2n) is 3.94. The minimum Gasteiger partial charge on any atom is -0.360 e. The topological polar surface area (TPSA) is 67.2 Å². The fourth-order valence-corrected chi connectivity index (χ4v) is 1.55. The predicted octanol–water partition coefficient (Wildman–Crippen LogP) is 2.35. The standard InChI is InChI=1S/C13H15N3O2/c1-10-9-12(16-18-10)15-13(17)14-8-7-11-5-3-2-4-6-11/h2-6,9H,7-8H2,1H3,(H2,14,15,16,17). The van der Waals surface area contributed by atoms with Crippen LogP contribution in [0.3, 0.4) is 0 Å². The maximum Gasteiger partial charge on any atom is 0.320 e. The van der Waals surface area contributed by atoms with Gasteiger partial charge in [0.2, 0.25) is 0 Å². The minimum absolute atomic E-state index is 0.278. The normalized spacial score (nSPS) is 10.1. The molecule has 5 nitrogen and oxygen atoms in total. The smallest absolute Gasteiger partial charge is 0.320 e. The Morgan fingerprint density at radius 2 is 2.11 bits per heavy atom. The average molecular weight is 245 g/mol. The number of aryl methyl sites for hydroxylation is 1. The van der Waals surface area contributed by atoms with Crippen LogP contribution in [0.1, 0.15) is 11.3 Å². The summed E-state index contributed by atoms with van der Waals surface area (Å²) in [6, 6.07) is 11.4. The van der Waals surface area contributed by atoms with Gasteiger partial charge >= 0.3 is 6.03 Å². The van der Waals surface area contributed by atoms with Gasteiger partial charge in [0.15, 0.2) is 5.82 Å². The van der Waals surface area contributed by atoms with Crippen molar-refractivity contribution < 1.29 is 9.32 Å². The van der Waals surface area contributed by atoms with Crippen LogP contribution in [-0.2, 0) is 6.42 Å². The molecule has 1 aromatic carbocycles. The molecule has 0 aliphatic rings. The van der Waals surface area contributed by atoms with Crippen molar-refractivity contribution in [3.8, 4) is 0 Å². The van der Waals surface area contributed by atoms with Crippen LogP contribution in [0.2, 0.25) is 0 Å². The average Bonchev–Trinajstić information content (AvgIpc) is 2.76. The van der Waals surface area contributed by atoms with Gasteiger partial charge in [0, 0.05) is 12.6 Å². The number of urea groups is 1. The van der Waals surface area contributed by atoms with Gasteiger partial charge < -0.3 is 9.84 Å². The molecule has 0 saturated carbocycles. The molecule has 0 fully saturated rings. The minimum atomic E-state index is -0.278. The van der Waals surface area contributed by atoms with Crippen LogP contribution in [0.15, 0.2) is 40.9 Å². The number of aromatic nitrogens is 1. The highest BCUT2D eigenvalue weighted by Crippen LogP contribution is 2.06. The van der Waals surface area contributed by atoms with Gasteiger partial charge in [0.05, 0.1) is 0 Å². The number of carbonyl (C=O) groups is 1. The fraction of sp³-hybridized carbons (Fsp3) is 0.231. The maximum atomic E-state index is 11.5. The highest BCUT2D eigenvalue weighted by molar-refractivity contribution is 5.88. The second kappa shape index (κ2) is 5.86. The SMILES string of the molecule is Cc1cc(NC(=O)NCCc2ccccc2)no1. The molecule has 2 N–H and O–H groups in total. The molecule has 0 aliphatic heterocycles. The molecular formula is C13H15N3O2. The summed E-state index contributed by atoms with van der Waals surface area (Å²) >= 11 is 0. The summed E-state index contributed by atoms with van der Waals surface area (Å²) in [4.78, 5) is 11.5. The Bertz CT molecular complexity index is 508. The van der Waals surface area contributed by atoms with E-state index in [-0.39, 0.29) is 6.03 Å². The molecule has 1 heterocycles. The van der Waals surface area contributed by atoms with Crippen LogP contribution in [0.4, 0.5) is 10.6 Å². The molecule has 0 saturated heterocycles. The van der Waals surface area contributed by atoms with E-state index in [4.69, 9.17) is 4.52 Å². The Balaban J connectivity index is 1.72. The van der Waals surface area contributed by atoms with Crippen LogP contribution in [-0.4, -0.2) is 17.7 Å². The van der Waals surface area contributed by atoms with Gasteiger partial charge in [-0.15, -0.1) is 0 Å². The number of nitrogens with one attached hydrogen (secondary N) is 2. The molecule has 0 atom stereocenters. The van der Waals surface area contributed by atoms with Gasteiger partial charge in [-0.1, -0.05) is 35.5 Å². The Labute approximate surface area is 105 Å². The summed E-state index contributed by atoms with van der Waals surface area (Å²) in [5, 5.41) is 9.03. The Morgan fingerprint density at radius 1 is 1.33 bits per heavy atom. The first-order valence-corrected chi connectivity index (χ1v) is 5.76. The number of nitrogens with zero attached hydrogens (tertiary/aromatic N) is 1. The van der Waals surface area contributed by atoms with Crippen LogP contribution in [0.5, 0.6) is 0 Å². The van der Waals surface area contributed by atoms with Crippen molar-refractivity contribution in [2.45, 2.75) is 13.3 Å². The van der Waals surface area contributed by atoms with E-state index in [1.807, 2.05) is 30.3 Å². The maximum absolute atomic E-state index is 11.5. The number of hydrogen-bond donors (Lipinski definition) is 2. The molecule has 1 aromatic heterocycles. The molecule has 0 bridgehead atoms. The van der Waals surface area contributed by atoms with Crippen molar-refractivity contribution in [1.82, 2.24) is 10.5 Å². The van der Waals surface area contributed by atoms with Crippen LogP contribution < -0.4 is 10.6 Å². The summed E-state index contributed by atoms with van der Waals surface area (Å²) in [7, 11) is 0. The van der Waals surface area contributed by atoms with Gasteiger partial charge in [-0.25, -0.2) is 4.79 Å². The zero-order valence-electron chi connectivity index (χ0n) is 10.1. The number of carbonyl (C=O) groups excluding carboxylic acids is 1. The van der Waals surface area contributed by atoms with Crippen molar-refractivity contribution in [3.63, 3.8) is 0 Å². The lowest BCUT2D eigenvalue weighted by molar-refractivity contribution is 0.252. The molecule has 2 rings (SSSR count). The molecule has 2 amide bonds. The highest BCUT2D eigenvalue weighted by Gasteiger charge is 2.04. The zero-order chi connectivity index (χ0) is 12.8. The lowest BCUT2D eigenvalue weighted by Crippen LogP contribution is -2.30. The van der Waals surface area contributed by atoms with Crippen LogP contribution in [0.25, 0.3) is 0 Å². The van der Waals surface area contributed by atoms with Crippen molar-refractivity contribution in [1.29, 1.82) is 0 Å². The molecule has 0 radical (unpaired) electrons. The number of amides is 2. The molecular weight excluding hydrogens is 230 g/mol. The largest absolute Gasteiger partial charge is 0.360 e. The van der Waals surface area contributed by atoms with E-state index >= 15 is 0 Å². The summed E-state index contributed by atoms with van der Waals surface area (Å²) in [6.07, 6.45) is 0.798. The first-order valence-electron chi connectivity index (χ1n) is 5.76. The molecule has 5 heteroatoms. The quantitative estimate of drug-likeness (QED) is 0.868. The Morgan fingerprint density at radius 3 is 2.78 bits per heavy atom. The number of hydrogen-bond acceptors (Lipinski definition) is 3. The van der Waals surface area contributed by atoms with Gasteiger partial charge in [0.25, 0.3) is 0 Å². The van der Waals surface area contributed by atoms with Gasteiger partial charge in [-0.05, 0) is 18.9 Å². The fourth-order valence-electron chi connectivity index (χ4n) is 1.55. The third kappa shape index (κ3) is 3.62. The van der Waals surface area contributed by atoms with Crippen molar-refractivity contribution in [2.24, 2.45) is 0 Å². The Kier molecular flexibility index (Phi) is 3.96. The van der Waals surface area contributed by atoms with Gasteiger partial charge in [-0.2, -0.15) is 0 Å². The van der Waals surface area contributed by atoms with Crippen LogP contribution in [0, 0.1) is 6.92 Å². The van der Waals surface area contributed by atoms with E-state index < -0.39 is 0 Å². The van der Waals surface area contributed by atoms with Gasteiger partial charge in [-0.3, -0.25) is 5.32 Å². The molecule has 2 aromatic rings. The van der Waals surface area contributed by atoms with Crippen LogP contribution >= 0.6 is 0 Å².